The van der Waals surface area contributed by atoms with Gasteiger partial charge in [-0.05, 0) is 51.3 Å². The summed E-state index contributed by atoms with van der Waals surface area (Å²) in [7, 11) is 0. The molecular formula is C22H26ClN5O2. The average Bonchev–Trinajstić information content (AvgIpc) is 3.08. The Hall–Kier alpha value is -2.80. The van der Waals surface area contributed by atoms with E-state index in [1.807, 2.05) is 45.0 Å². The predicted octanol–water partition coefficient (Wildman–Crippen LogP) is 4.91. The number of anilines is 1. The molecule has 158 valence electrons. The molecule has 1 aliphatic heterocycles. The second-order valence-corrected chi connectivity index (χ2v) is 8.99. The number of nitrogens with two attached hydrogens (primary N) is 1. The zero-order valence-electron chi connectivity index (χ0n) is 17.4. The van der Waals surface area contributed by atoms with Crippen LogP contribution in [0.1, 0.15) is 39.7 Å². The highest BCUT2D eigenvalue weighted by atomic mass is 35.5. The topological polar surface area (TPSA) is 86.3 Å². The summed E-state index contributed by atoms with van der Waals surface area (Å²) in [4.78, 5) is 22.9. The second kappa shape index (κ2) is 7.80. The summed E-state index contributed by atoms with van der Waals surface area (Å²) in [5, 5.41) is 1.26. The molecule has 3 heterocycles. The Balaban J connectivity index is 1.62. The summed E-state index contributed by atoms with van der Waals surface area (Å²) in [5.41, 5.74) is 8.85. The first kappa shape index (κ1) is 20.5. The molecule has 0 saturated carbocycles. The van der Waals surface area contributed by atoms with E-state index in [1.165, 1.54) is 6.33 Å². The Bertz CT molecular complexity index is 1060. The number of carbonyl (C=O) groups is 1. The number of amides is 1. The number of hydrogen-bond acceptors (Lipinski definition) is 5. The lowest BCUT2D eigenvalue weighted by Gasteiger charge is -2.34. The van der Waals surface area contributed by atoms with E-state index in [-0.39, 0.29) is 12.1 Å². The van der Waals surface area contributed by atoms with Crippen LogP contribution in [0.5, 0.6) is 0 Å². The van der Waals surface area contributed by atoms with Crippen molar-refractivity contribution in [2.75, 3.05) is 18.8 Å². The van der Waals surface area contributed by atoms with E-state index in [0.29, 0.717) is 23.9 Å². The third kappa shape index (κ3) is 4.07. The lowest BCUT2D eigenvalue weighted by atomic mass is 10.1. The van der Waals surface area contributed by atoms with Crippen molar-refractivity contribution >= 4 is 34.4 Å². The summed E-state index contributed by atoms with van der Waals surface area (Å²) in [6, 6.07) is 7.90. The van der Waals surface area contributed by atoms with Crippen LogP contribution < -0.4 is 5.73 Å². The Labute approximate surface area is 180 Å². The third-order valence-electron chi connectivity index (χ3n) is 5.29. The summed E-state index contributed by atoms with van der Waals surface area (Å²) in [6.45, 7) is 6.91. The molecule has 1 saturated heterocycles. The molecular weight excluding hydrogens is 402 g/mol. The number of benzene rings is 1. The van der Waals surface area contributed by atoms with Gasteiger partial charge < -0.3 is 19.9 Å². The van der Waals surface area contributed by atoms with E-state index in [1.54, 1.807) is 4.90 Å². The lowest BCUT2D eigenvalue weighted by Crippen LogP contribution is -2.42. The maximum atomic E-state index is 12.4. The van der Waals surface area contributed by atoms with Gasteiger partial charge in [0.25, 0.3) is 0 Å². The van der Waals surface area contributed by atoms with Crippen LogP contribution in [-0.4, -0.2) is 44.2 Å². The van der Waals surface area contributed by atoms with Crippen LogP contribution in [0.15, 0.2) is 36.8 Å². The van der Waals surface area contributed by atoms with Crippen molar-refractivity contribution < 1.29 is 9.53 Å². The van der Waals surface area contributed by atoms with E-state index < -0.39 is 5.60 Å². The smallest absolute Gasteiger partial charge is 0.410 e. The van der Waals surface area contributed by atoms with E-state index in [4.69, 9.17) is 22.1 Å². The molecule has 3 aromatic rings. The molecule has 0 unspecified atom stereocenters. The van der Waals surface area contributed by atoms with Crippen molar-refractivity contribution in [3.63, 3.8) is 0 Å². The number of rotatable bonds is 2. The molecule has 2 N–H and O–H groups in total. The second-order valence-electron chi connectivity index (χ2n) is 8.63. The van der Waals surface area contributed by atoms with E-state index in [0.717, 1.165) is 35.0 Å². The first-order chi connectivity index (χ1) is 14.2. The van der Waals surface area contributed by atoms with Crippen LogP contribution >= 0.6 is 11.6 Å². The fraction of sp³-hybridized carbons (Fsp3) is 0.409. The van der Waals surface area contributed by atoms with Crippen LogP contribution in [0, 0.1) is 0 Å². The maximum Gasteiger partial charge on any atom is 0.410 e. The van der Waals surface area contributed by atoms with Gasteiger partial charge in [0, 0.05) is 36.6 Å². The molecule has 1 aliphatic rings. The molecule has 1 amide bonds. The molecule has 0 bridgehead atoms. The Kier molecular flexibility index (Phi) is 5.32. The number of ether oxygens (including phenoxy) is 1. The largest absolute Gasteiger partial charge is 0.444 e. The van der Waals surface area contributed by atoms with Crippen molar-refractivity contribution in [3.8, 4) is 11.1 Å². The molecule has 0 atom stereocenters. The predicted molar refractivity (Wildman–Crippen MR) is 118 cm³/mol. The molecule has 2 aromatic heterocycles. The zero-order chi connectivity index (χ0) is 21.5. The van der Waals surface area contributed by atoms with Crippen molar-refractivity contribution in [2.45, 2.75) is 45.3 Å². The number of piperidine rings is 1. The Morgan fingerprint density at radius 1 is 1.17 bits per heavy atom. The van der Waals surface area contributed by atoms with E-state index in [2.05, 4.69) is 20.7 Å². The molecule has 7 nitrogen and oxygen atoms in total. The van der Waals surface area contributed by atoms with Crippen molar-refractivity contribution in [3.05, 3.63) is 41.9 Å². The minimum absolute atomic E-state index is 0.208. The van der Waals surface area contributed by atoms with Gasteiger partial charge in [0.15, 0.2) is 0 Å². The van der Waals surface area contributed by atoms with Crippen LogP contribution in [0.2, 0.25) is 5.15 Å². The molecule has 0 spiro atoms. The number of likely N-dealkylation sites (tertiary alicyclic amines) is 1. The Morgan fingerprint density at radius 2 is 1.83 bits per heavy atom. The number of fused-ring (bicyclic) bond motifs is 1. The van der Waals surface area contributed by atoms with Crippen LogP contribution in [0.3, 0.4) is 0 Å². The van der Waals surface area contributed by atoms with Gasteiger partial charge >= 0.3 is 6.09 Å². The van der Waals surface area contributed by atoms with Crippen LogP contribution in [0.25, 0.3) is 22.2 Å². The minimum Gasteiger partial charge on any atom is -0.444 e. The van der Waals surface area contributed by atoms with Gasteiger partial charge in [-0.1, -0.05) is 23.7 Å². The fourth-order valence-electron chi connectivity index (χ4n) is 3.86. The van der Waals surface area contributed by atoms with E-state index in [9.17, 15) is 4.79 Å². The van der Waals surface area contributed by atoms with Crippen molar-refractivity contribution in [1.82, 2.24) is 19.4 Å². The summed E-state index contributed by atoms with van der Waals surface area (Å²) >= 11 is 6.46. The van der Waals surface area contributed by atoms with Crippen LogP contribution in [0.4, 0.5) is 10.5 Å². The van der Waals surface area contributed by atoms with Gasteiger partial charge in [0.05, 0.1) is 5.39 Å². The molecule has 30 heavy (non-hydrogen) atoms. The highest BCUT2D eigenvalue weighted by Gasteiger charge is 2.29. The number of carbonyl (C=O) groups excluding carboxylic acids is 1. The molecule has 1 aromatic carbocycles. The summed E-state index contributed by atoms with van der Waals surface area (Å²) < 4.78 is 7.68. The number of hydrogen-bond donors (Lipinski definition) is 1. The minimum atomic E-state index is -0.494. The van der Waals surface area contributed by atoms with Gasteiger partial charge in [0.1, 0.15) is 22.7 Å². The quantitative estimate of drug-likeness (QED) is 0.464. The summed E-state index contributed by atoms with van der Waals surface area (Å²) in [6.07, 6.45) is 4.94. The lowest BCUT2D eigenvalue weighted by molar-refractivity contribution is 0.0189. The van der Waals surface area contributed by atoms with Gasteiger partial charge in [-0.3, -0.25) is 0 Å². The third-order valence-corrected chi connectivity index (χ3v) is 5.58. The highest BCUT2D eigenvalue weighted by Crippen LogP contribution is 2.37. The van der Waals surface area contributed by atoms with Gasteiger partial charge in [-0.2, -0.15) is 0 Å². The van der Waals surface area contributed by atoms with Gasteiger partial charge in [0.2, 0.25) is 0 Å². The normalized spacial score (nSPS) is 15.5. The highest BCUT2D eigenvalue weighted by molar-refractivity contribution is 6.35. The maximum absolute atomic E-state index is 12.4. The molecule has 8 heteroatoms. The number of nitrogen functional groups attached to an aromatic ring is 1. The standard InChI is InChI=1S/C22H26ClN5O2/c1-22(2,3)30-21(29)27-10-8-16(9-11-27)28-12-17(14-4-6-15(24)7-5-14)18-19(23)25-13-26-20(18)28/h4-7,12-13,16H,8-11,24H2,1-3H3. The molecule has 0 aliphatic carbocycles. The monoisotopic (exact) mass is 427 g/mol. The number of halogens is 1. The number of nitrogens with zero attached hydrogens (tertiary/aromatic N) is 4. The first-order valence-electron chi connectivity index (χ1n) is 10.1. The van der Waals surface area contributed by atoms with E-state index >= 15 is 0 Å². The fourth-order valence-corrected chi connectivity index (χ4v) is 4.09. The average molecular weight is 428 g/mol. The SMILES string of the molecule is CC(C)(C)OC(=O)N1CCC(n2cc(-c3ccc(N)cc3)c3c(Cl)ncnc32)CC1. The molecule has 1 fully saturated rings. The van der Waals surface area contributed by atoms with Crippen molar-refractivity contribution in [2.24, 2.45) is 0 Å². The molecule has 0 radical (unpaired) electrons. The van der Waals surface area contributed by atoms with Crippen LogP contribution in [-0.2, 0) is 4.74 Å². The Morgan fingerprint density at radius 3 is 2.47 bits per heavy atom. The van der Waals surface area contributed by atoms with Crippen molar-refractivity contribution in [1.29, 1.82) is 0 Å². The van der Waals surface area contributed by atoms with Gasteiger partial charge in [-0.25, -0.2) is 14.8 Å². The number of aromatic nitrogens is 3. The first-order valence-corrected chi connectivity index (χ1v) is 10.5. The summed E-state index contributed by atoms with van der Waals surface area (Å²) in [5.74, 6) is 0. The van der Waals surface area contributed by atoms with Gasteiger partial charge in [-0.15, -0.1) is 0 Å². The molecule has 4 rings (SSSR count). The zero-order valence-corrected chi connectivity index (χ0v) is 18.2.